The van der Waals surface area contributed by atoms with Crippen LogP contribution in [0.25, 0.3) is 0 Å². The lowest BCUT2D eigenvalue weighted by atomic mass is 10.0. The lowest BCUT2D eigenvalue weighted by molar-refractivity contribution is -0.132. The number of rotatable bonds is 4. The molecule has 2 fully saturated rings. The van der Waals surface area contributed by atoms with Gasteiger partial charge in [0.2, 0.25) is 5.91 Å². The van der Waals surface area contributed by atoms with Crippen LogP contribution in [0.3, 0.4) is 0 Å². The van der Waals surface area contributed by atoms with Gasteiger partial charge >= 0.3 is 0 Å². The van der Waals surface area contributed by atoms with Crippen LogP contribution in [0, 0.1) is 0 Å². The van der Waals surface area contributed by atoms with E-state index in [9.17, 15) is 9.90 Å². The fourth-order valence-corrected chi connectivity index (χ4v) is 3.01. The Morgan fingerprint density at radius 3 is 2.86 bits per heavy atom. The van der Waals surface area contributed by atoms with E-state index in [2.05, 4.69) is 10.00 Å². The Balaban J connectivity index is 1.52. The summed E-state index contributed by atoms with van der Waals surface area (Å²) in [4.78, 5) is 16.2. The number of nitrogens with zero attached hydrogens (tertiary/aromatic N) is 4. The average Bonchev–Trinajstić information content (AvgIpc) is 3.10. The van der Waals surface area contributed by atoms with E-state index in [1.165, 1.54) is 0 Å². The second-order valence-electron chi connectivity index (χ2n) is 5.88. The summed E-state index contributed by atoms with van der Waals surface area (Å²) in [5.41, 5.74) is -0.795. The number of morpholine rings is 1. The highest BCUT2D eigenvalue weighted by Crippen LogP contribution is 2.23. The van der Waals surface area contributed by atoms with E-state index in [0.29, 0.717) is 26.1 Å². The van der Waals surface area contributed by atoms with Crippen molar-refractivity contribution < 1.29 is 14.6 Å². The molecule has 2 saturated heterocycles. The van der Waals surface area contributed by atoms with Gasteiger partial charge in [-0.1, -0.05) is 0 Å². The molecule has 116 valence electrons. The number of β-amino-alcohol motifs (C(OH)–C–C–N with tert-alkyl or cyclic N) is 1. The van der Waals surface area contributed by atoms with Gasteiger partial charge in [-0.2, -0.15) is 5.10 Å². The van der Waals surface area contributed by atoms with Crippen LogP contribution in [0.15, 0.2) is 18.5 Å². The Morgan fingerprint density at radius 2 is 2.14 bits per heavy atom. The smallest absolute Gasteiger partial charge is 0.244 e. The number of amides is 1. The lowest BCUT2D eigenvalue weighted by Gasteiger charge is -2.33. The summed E-state index contributed by atoms with van der Waals surface area (Å²) >= 11 is 0. The van der Waals surface area contributed by atoms with Gasteiger partial charge in [-0.25, -0.2) is 0 Å². The summed E-state index contributed by atoms with van der Waals surface area (Å²) in [5.74, 6) is 0.0107. The van der Waals surface area contributed by atoms with Gasteiger partial charge in [0.05, 0.1) is 25.4 Å². The fraction of sp³-hybridized carbons (Fsp3) is 0.714. The number of aromatic nitrogens is 2. The van der Waals surface area contributed by atoms with Crippen LogP contribution in [0.1, 0.15) is 6.42 Å². The van der Waals surface area contributed by atoms with Gasteiger partial charge < -0.3 is 14.7 Å². The maximum atomic E-state index is 12.2. The van der Waals surface area contributed by atoms with Crippen molar-refractivity contribution in [3.8, 4) is 0 Å². The van der Waals surface area contributed by atoms with E-state index in [1.807, 2.05) is 0 Å². The molecule has 1 aromatic rings. The summed E-state index contributed by atoms with van der Waals surface area (Å²) in [6.45, 7) is 5.01. The van der Waals surface area contributed by atoms with Gasteiger partial charge in [0.25, 0.3) is 0 Å². The van der Waals surface area contributed by atoms with Crippen molar-refractivity contribution in [1.29, 1.82) is 0 Å². The number of hydrogen-bond donors (Lipinski definition) is 1. The molecular formula is C14H22N4O3. The molecule has 3 heterocycles. The van der Waals surface area contributed by atoms with Gasteiger partial charge in [-0.05, 0) is 12.5 Å². The summed E-state index contributed by atoms with van der Waals surface area (Å²) in [6.07, 6.45) is 4.06. The minimum absolute atomic E-state index is 0.0107. The Morgan fingerprint density at radius 1 is 1.33 bits per heavy atom. The van der Waals surface area contributed by atoms with E-state index in [0.717, 1.165) is 26.3 Å². The zero-order valence-corrected chi connectivity index (χ0v) is 12.1. The van der Waals surface area contributed by atoms with Crippen molar-refractivity contribution in [1.82, 2.24) is 19.6 Å². The van der Waals surface area contributed by atoms with Crippen LogP contribution >= 0.6 is 0 Å². The van der Waals surface area contributed by atoms with Crippen LogP contribution in [0.4, 0.5) is 0 Å². The lowest BCUT2D eigenvalue weighted by Crippen LogP contribution is -2.49. The number of carbonyl (C=O) groups excluding carboxylic acids is 1. The summed E-state index contributed by atoms with van der Waals surface area (Å²) in [7, 11) is 0. The first-order valence-electron chi connectivity index (χ1n) is 7.42. The number of hydrogen-bond acceptors (Lipinski definition) is 5. The van der Waals surface area contributed by atoms with Gasteiger partial charge in [0.1, 0.15) is 6.54 Å². The first-order chi connectivity index (χ1) is 10.1. The highest BCUT2D eigenvalue weighted by atomic mass is 16.5. The molecule has 7 heteroatoms. The Labute approximate surface area is 124 Å². The first-order valence-corrected chi connectivity index (χ1v) is 7.42. The summed E-state index contributed by atoms with van der Waals surface area (Å²) in [6, 6.07) is 1.80. The predicted molar refractivity (Wildman–Crippen MR) is 75.6 cm³/mol. The molecule has 0 saturated carbocycles. The van der Waals surface area contributed by atoms with Crippen molar-refractivity contribution >= 4 is 5.91 Å². The van der Waals surface area contributed by atoms with E-state index in [-0.39, 0.29) is 12.5 Å². The molecule has 1 atom stereocenters. The molecule has 0 bridgehead atoms. The zero-order chi connectivity index (χ0) is 14.7. The van der Waals surface area contributed by atoms with Crippen LogP contribution < -0.4 is 0 Å². The molecule has 7 nitrogen and oxygen atoms in total. The van der Waals surface area contributed by atoms with Gasteiger partial charge in [0.15, 0.2) is 0 Å². The number of likely N-dealkylation sites (tertiary alicyclic amines) is 1. The SMILES string of the molecule is O=C(Cn1cccn1)N1CC[C@@](O)(CN2CCOCC2)C1. The third-order valence-corrected chi connectivity index (χ3v) is 4.16. The molecule has 0 spiro atoms. The van der Waals surface area contributed by atoms with Crippen molar-refractivity contribution in [2.45, 2.75) is 18.6 Å². The van der Waals surface area contributed by atoms with Crippen molar-refractivity contribution in [3.05, 3.63) is 18.5 Å². The quantitative estimate of drug-likeness (QED) is 0.785. The standard InChI is InChI=1S/C14H22N4O3/c19-13(10-18-4-1-3-15-18)17-5-2-14(20,12-17)11-16-6-8-21-9-7-16/h1,3-4,20H,2,5-12H2/t14-/m1/s1. The third-order valence-electron chi connectivity index (χ3n) is 4.16. The molecule has 1 N–H and O–H groups in total. The molecule has 21 heavy (non-hydrogen) atoms. The fourth-order valence-electron chi connectivity index (χ4n) is 3.01. The minimum atomic E-state index is -0.795. The molecule has 2 aliphatic heterocycles. The van der Waals surface area contributed by atoms with Gasteiger partial charge in [0, 0.05) is 38.6 Å². The average molecular weight is 294 g/mol. The molecule has 1 amide bonds. The molecule has 0 aliphatic carbocycles. The van der Waals surface area contributed by atoms with E-state index >= 15 is 0 Å². The topological polar surface area (TPSA) is 70.8 Å². The van der Waals surface area contributed by atoms with Crippen LogP contribution in [-0.2, 0) is 16.1 Å². The first kappa shape index (κ1) is 14.5. The molecule has 1 aromatic heterocycles. The molecular weight excluding hydrogens is 272 g/mol. The second kappa shape index (κ2) is 6.13. The highest BCUT2D eigenvalue weighted by molar-refractivity contribution is 5.76. The number of ether oxygens (including phenoxy) is 1. The maximum Gasteiger partial charge on any atom is 0.244 e. The predicted octanol–water partition coefficient (Wildman–Crippen LogP) is -0.821. The Hall–Kier alpha value is -1.44. The summed E-state index contributed by atoms with van der Waals surface area (Å²) in [5, 5.41) is 14.7. The molecule has 2 aliphatic rings. The number of aliphatic hydroxyl groups is 1. The second-order valence-corrected chi connectivity index (χ2v) is 5.88. The van der Waals surface area contributed by atoms with E-state index < -0.39 is 5.60 Å². The zero-order valence-electron chi connectivity index (χ0n) is 12.1. The van der Waals surface area contributed by atoms with E-state index in [4.69, 9.17) is 4.74 Å². The highest BCUT2D eigenvalue weighted by Gasteiger charge is 2.39. The Kier molecular flexibility index (Phi) is 4.23. The largest absolute Gasteiger partial charge is 0.387 e. The van der Waals surface area contributed by atoms with Crippen LogP contribution in [0.2, 0.25) is 0 Å². The maximum absolute atomic E-state index is 12.2. The third kappa shape index (κ3) is 3.61. The monoisotopic (exact) mass is 294 g/mol. The minimum Gasteiger partial charge on any atom is -0.387 e. The number of carbonyl (C=O) groups is 1. The molecule has 3 rings (SSSR count). The Bertz CT molecular complexity index is 473. The van der Waals surface area contributed by atoms with Crippen LogP contribution in [-0.4, -0.2) is 82.1 Å². The molecule has 0 unspecified atom stereocenters. The normalized spacial score (nSPS) is 27.2. The molecule has 0 radical (unpaired) electrons. The summed E-state index contributed by atoms with van der Waals surface area (Å²) < 4.78 is 6.93. The van der Waals surface area contributed by atoms with E-state index in [1.54, 1.807) is 28.0 Å². The molecule has 0 aromatic carbocycles. The van der Waals surface area contributed by atoms with Crippen LogP contribution in [0.5, 0.6) is 0 Å². The van der Waals surface area contributed by atoms with Crippen molar-refractivity contribution in [2.75, 3.05) is 45.9 Å². The van der Waals surface area contributed by atoms with Gasteiger partial charge in [-0.15, -0.1) is 0 Å². The van der Waals surface area contributed by atoms with Crippen molar-refractivity contribution in [3.63, 3.8) is 0 Å². The van der Waals surface area contributed by atoms with Crippen molar-refractivity contribution in [2.24, 2.45) is 0 Å². The van der Waals surface area contributed by atoms with Gasteiger partial charge in [-0.3, -0.25) is 14.4 Å².